The van der Waals surface area contributed by atoms with E-state index in [2.05, 4.69) is 5.43 Å². The van der Waals surface area contributed by atoms with E-state index in [-0.39, 0.29) is 16.3 Å². The maximum Gasteiger partial charge on any atom is 0.270 e. The van der Waals surface area contributed by atoms with Gasteiger partial charge in [-0.25, -0.2) is 5.43 Å². The van der Waals surface area contributed by atoms with E-state index in [1.165, 1.54) is 24.2 Å². The Labute approximate surface area is 96.9 Å². The number of carbonyl (C=O) groups excluding carboxylic acids is 1. The SMILES string of the molecule is CNN(C)C(=O)c1cc([N+](=O)[O-])ccc1Cl. The van der Waals surface area contributed by atoms with Crippen LogP contribution in [0.3, 0.4) is 0 Å². The number of hydrazine groups is 1. The predicted molar refractivity (Wildman–Crippen MR) is 59.3 cm³/mol. The van der Waals surface area contributed by atoms with Crippen LogP contribution in [0.15, 0.2) is 18.2 Å². The summed E-state index contributed by atoms with van der Waals surface area (Å²) in [6.45, 7) is 0. The van der Waals surface area contributed by atoms with Crippen LogP contribution >= 0.6 is 11.6 Å². The molecule has 0 radical (unpaired) electrons. The number of benzene rings is 1. The minimum Gasteiger partial charge on any atom is -0.277 e. The molecule has 0 unspecified atom stereocenters. The molecule has 16 heavy (non-hydrogen) atoms. The summed E-state index contributed by atoms with van der Waals surface area (Å²) < 4.78 is 0. The molecule has 0 saturated carbocycles. The summed E-state index contributed by atoms with van der Waals surface area (Å²) in [6.07, 6.45) is 0. The van der Waals surface area contributed by atoms with Gasteiger partial charge < -0.3 is 0 Å². The second kappa shape index (κ2) is 4.91. The van der Waals surface area contributed by atoms with Crippen LogP contribution in [0.5, 0.6) is 0 Å². The Morgan fingerprint density at radius 2 is 2.19 bits per heavy atom. The highest BCUT2D eigenvalue weighted by atomic mass is 35.5. The van der Waals surface area contributed by atoms with Gasteiger partial charge in [0.05, 0.1) is 15.5 Å². The van der Waals surface area contributed by atoms with Gasteiger partial charge in [-0.3, -0.25) is 19.9 Å². The molecule has 0 aliphatic carbocycles. The number of amides is 1. The maximum absolute atomic E-state index is 11.7. The number of nitro benzene ring substituents is 1. The highest BCUT2D eigenvalue weighted by Crippen LogP contribution is 2.22. The predicted octanol–water partition coefficient (Wildman–Crippen LogP) is 1.45. The van der Waals surface area contributed by atoms with Gasteiger partial charge in [-0.2, -0.15) is 0 Å². The fraction of sp³-hybridized carbons (Fsp3) is 0.222. The molecule has 1 aromatic rings. The molecule has 1 rings (SSSR count). The molecule has 1 N–H and O–H groups in total. The Morgan fingerprint density at radius 1 is 1.56 bits per heavy atom. The summed E-state index contributed by atoms with van der Waals surface area (Å²) >= 11 is 5.80. The molecule has 86 valence electrons. The molecule has 7 heteroatoms. The van der Waals surface area contributed by atoms with E-state index < -0.39 is 10.8 Å². The van der Waals surface area contributed by atoms with Gasteiger partial charge in [0, 0.05) is 26.2 Å². The van der Waals surface area contributed by atoms with E-state index in [0.717, 1.165) is 6.07 Å². The van der Waals surface area contributed by atoms with Gasteiger partial charge in [0.1, 0.15) is 0 Å². The molecule has 0 aliphatic rings. The van der Waals surface area contributed by atoms with Crippen molar-refractivity contribution in [3.8, 4) is 0 Å². The molecule has 0 aliphatic heterocycles. The fourth-order valence-electron chi connectivity index (χ4n) is 1.07. The third-order valence-corrected chi connectivity index (χ3v) is 2.36. The molecule has 0 heterocycles. The van der Waals surface area contributed by atoms with E-state index in [1.54, 1.807) is 7.05 Å². The Bertz CT molecular complexity index is 436. The van der Waals surface area contributed by atoms with Crippen molar-refractivity contribution in [2.45, 2.75) is 0 Å². The Hall–Kier alpha value is -1.66. The molecule has 0 saturated heterocycles. The molecule has 0 atom stereocenters. The summed E-state index contributed by atoms with van der Waals surface area (Å²) in [5, 5.41) is 11.9. The summed E-state index contributed by atoms with van der Waals surface area (Å²) in [6, 6.07) is 3.73. The van der Waals surface area contributed by atoms with Crippen LogP contribution in [0.4, 0.5) is 5.69 Å². The highest BCUT2D eigenvalue weighted by Gasteiger charge is 2.18. The van der Waals surface area contributed by atoms with Crippen LogP contribution in [0, 0.1) is 10.1 Å². The van der Waals surface area contributed by atoms with Crippen molar-refractivity contribution in [2.24, 2.45) is 0 Å². The minimum atomic E-state index is -0.577. The van der Waals surface area contributed by atoms with Crippen molar-refractivity contribution >= 4 is 23.2 Å². The Balaban J connectivity index is 3.17. The van der Waals surface area contributed by atoms with Gasteiger partial charge in [0.2, 0.25) is 0 Å². The lowest BCUT2D eigenvalue weighted by molar-refractivity contribution is -0.384. The molecule has 0 fully saturated rings. The first-order chi connectivity index (χ1) is 7.47. The van der Waals surface area contributed by atoms with Gasteiger partial charge in [-0.1, -0.05) is 11.6 Å². The maximum atomic E-state index is 11.7. The topological polar surface area (TPSA) is 75.5 Å². The summed E-state index contributed by atoms with van der Waals surface area (Å²) in [4.78, 5) is 21.7. The zero-order valence-electron chi connectivity index (χ0n) is 8.73. The second-order valence-corrected chi connectivity index (χ2v) is 3.42. The number of hydrogen-bond acceptors (Lipinski definition) is 4. The largest absolute Gasteiger partial charge is 0.277 e. The van der Waals surface area contributed by atoms with Crippen molar-refractivity contribution in [2.75, 3.05) is 14.1 Å². The molecule has 6 nitrogen and oxygen atoms in total. The van der Waals surface area contributed by atoms with Crippen LogP contribution in [0.25, 0.3) is 0 Å². The average molecular weight is 244 g/mol. The molecule has 1 amide bonds. The number of carbonyl (C=O) groups is 1. The number of hydrogen-bond donors (Lipinski definition) is 1. The lowest BCUT2D eigenvalue weighted by atomic mass is 10.2. The van der Waals surface area contributed by atoms with E-state index in [9.17, 15) is 14.9 Å². The van der Waals surface area contributed by atoms with Gasteiger partial charge >= 0.3 is 0 Å². The lowest BCUT2D eigenvalue weighted by Crippen LogP contribution is -2.36. The molecule has 0 aromatic heterocycles. The standard InChI is InChI=1S/C9H10ClN3O3/c1-11-12(2)9(14)7-5-6(13(15)16)3-4-8(7)10/h3-5,11H,1-2H3. The fourth-order valence-corrected chi connectivity index (χ4v) is 1.27. The van der Waals surface area contributed by atoms with E-state index in [0.29, 0.717) is 0 Å². The van der Waals surface area contributed by atoms with Crippen LogP contribution in [0.2, 0.25) is 5.02 Å². The number of nitrogens with one attached hydrogen (secondary N) is 1. The van der Waals surface area contributed by atoms with Crippen molar-refractivity contribution in [3.05, 3.63) is 38.9 Å². The van der Waals surface area contributed by atoms with Crippen LogP contribution in [0.1, 0.15) is 10.4 Å². The second-order valence-electron chi connectivity index (χ2n) is 3.01. The first-order valence-electron chi connectivity index (χ1n) is 4.36. The van der Waals surface area contributed by atoms with Gasteiger partial charge in [-0.05, 0) is 6.07 Å². The number of halogens is 1. The van der Waals surface area contributed by atoms with Crippen molar-refractivity contribution in [1.29, 1.82) is 0 Å². The first-order valence-corrected chi connectivity index (χ1v) is 4.74. The molecule has 0 bridgehead atoms. The Kier molecular flexibility index (Phi) is 3.81. The van der Waals surface area contributed by atoms with E-state index >= 15 is 0 Å². The van der Waals surface area contributed by atoms with Crippen LogP contribution < -0.4 is 5.43 Å². The summed E-state index contributed by atoms with van der Waals surface area (Å²) in [5.41, 5.74) is 2.52. The van der Waals surface area contributed by atoms with Crippen molar-refractivity contribution in [1.82, 2.24) is 10.4 Å². The van der Waals surface area contributed by atoms with Gasteiger partial charge in [0.15, 0.2) is 0 Å². The number of non-ortho nitro benzene ring substituents is 1. The molecular formula is C9H10ClN3O3. The van der Waals surface area contributed by atoms with Crippen molar-refractivity contribution < 1.29 is 9.72 Å². The smallest absolute Gasteiger partial charge is 0.270 e. The van der Waals surface area contributed by atoms with Crippen LogP contribution in [-0.4, -0.2) is 29.9 Å². The molecule has 1 aromatic carbocycles. The zero-order chi connectivity index (χ0) is 12.3. The zero-order valence-corrected chi connectivity index (χ0v) is 9.49. The van der Waals surface area contributed by atoms with Gasteiger partial charge in [-0.15, -0.1) is 0 Å². The molecule has 0 spiro atoms. The monoisotopic (exact) mass is 243 g/mol. The number of nitrogens with zero attached hydrogens (tertiary/aromatic N) is 2. The third-order valence-electron chi connectivity index (χ3n) is 2.03. The summed E-state index contributed by atoms with van der Waals surface area (Å²) in [5.74, 6) is -0.434. The molecular weight excluding hydrogens is 234 g/mol. The minimum absolute atomic E-state index is 0.0905. The number of nitro groups is 1. The quantitative estimate of drug-likeness (QED) is 0.644. The van der Waals surface area contributed by atoms with E-state index in [4.69, 9.17) is 11.6 Å². The average Bonchev–Trinajstić information content (AvgIpc) is 2.27. The first kappa shape index (κ1) is 12.4. The summed E-state index contributed by atoms with van der Waals surface area (Å²) in [7, 11) is 3.06. The Morgan fingerprint density at radius 3 is 2.69 bits per heavy atom. The van der Waals surface area contributed by atoms with E-state index in [1.807, 2.05) is 0 Å². The van der Waals surface area contributed by atoms with Crippen LogP contribution in [-0.2, 0) is 0 Å². The number of rotatable bonds is 3. The normalized spacial score (nSPS) is 9.94. The highest BCUT2D eigenvalue weighted by molar-refractivity contribution is 6.33. The third kappa shape index (κ3) is 2.47. The van der Waals surface area contributed by atoms with Gasteiger partial charge in [0.25, 0.3) is 11.6 Å². The lowest BCUT2D eigenvalue weighted by Gasteiger charge is -2.15. The van der Waals surface area contributed by atoms with Crippen molar-refractivity contribution in [3.63, 3.8) is 0 Å².